The lowest BCUT2D eigenvalue weighted by atomic mass is 9.72. The van der Waals surface area contributed by atoms with Crippen LogP contribution in [0, 0.1) is 17.8 Å². The molecule has 1 fully saturated rings. The maximum absolute atomic E-state index is 11.7. The van der Waals surface area contributed by atoms with Crippen LogP contribution in [0.4, 0.5) is 0 Å². The fourth-order valence-corrected chi connectivity index (χ4v) is 2.55. The molecule has 16 heavy (non-hydrogen) atoms. The number of Topliss-reactive ketones (excluding diaryl/α,β-unsaturated/α-hetero) is 1. The third-order valence-electron chi connectivity index (χ3n) is 4.05. The Morgan fingerprint density at radius 3 is 2.12 bits per heavy atom. The van der Waals surface area contributed by atoms with Crippen molar-refractivity contribution in [1.29, 1.82) is 0 Å². The molecule has 0 heterocycles. The van der Waals surface area contributed by atoms with E-state index in [-0.39, 0.29) is 11.7 Å². The minimum Gasteiger partial charge on any atom is -0.389 e. The van der Waals surface area contributed by atoms with Gasteiger partial charge in [-0.1, -0.05) is 27.7 Å². The van der Waals surface area contributed by atoms with Crippen LogP contribution in [0.5, 0.6) is 0 Å². The summed E-state index contributed by atoms with van der Waals surface area (Å²) in [6.07, 6.45) is 4.09. The molecule has 1 saturated carbocycles. The minimum atomic E-state index is -0.702. The molecule has 0 aromatic rings. The number of aliphatic hydroxyl groups is 1. The molecule has 94 valence electrons. The summed E-state index contributed by atoms with van der Waals surface area (Å²) in [5.74, 6) is 1.68. The van der Waals surface area contributed by atoms with E-state index in [0.29, 0.717) is 12.3 Å². The van der Waals surface area contributed by atoms with Crippen LogP contribution < -0.4 is 0 Å². The molecular weight excluding hydrogens is 200 g/mol. The van der Waals surface area contributed by atoms with Crippen LogP contribution in [0.3, 0.4) is 0 Å². The minimum absolute atomic E-state index is 0.0480. The summed E-state index contributed by atoms with van der Waals surface area (Å²) in [6.45, 7) is 8.31. The van der Waals surface area contributed by atoms with E-state index in [2.05, 4.69) is 13.8 Å². The summed E-state index contributed by atoms with van der Waals surface area (Å²) in [4.78, 5) is 11.7. The molecule has 1 aliphatic carbocycles. The average Bonchev–Trinajstić information content (AvgIpc) is 2.17. The van der Waals surface area contributed by atoms with Gasteiger partial charge in [-0.15, -0.1) is 0 Å². The highest BCUT2D eigenvalue weighted by molar-refractivity contribution is 5.81. The number of carbonyl (C=O) groups is 1. The summed E-state index contributed by atoms with van der Waals surface area (Å²) >= 11 is 0. The fourth-order valence-electron chi connectivity index (χ4n) is 2.55. The van der Waals surface area contributed by atoms with Crippen molar-refractivity contribution in [3.05, 3.63) is 0 Å². The molecule has 2 nitrogen and oxygen atoms in total. The first-order chi connectivity index (χ1) is 7.34. The summed E-state index contributed by atoms with van der Waals surface area (Å²) in [6, 6.07) is 0. The van der Waals surface area contributed by atoms with Gasteiger partial charge in [-0.25, -0.2) is 0 Å². The topological polar surface area (TPSA) is 37.3 Å². The van der Waals surface area contributed by atoms with Gasteiger partial charge in [-0.05, 0) is 37.5 Å². The highest BCUT2D eigenvalue weighted by Crippen LogP contribution is 2.38. The van der Waals surface area contributed by atoms with Crippen molar-refractivity contribution in [3.63, 3.8) is 0 Å². The van der Waals surface area contributed by atoms with Crippen molar-refractivity contribution >= 4 is 5.78 Å². The molecule has 0 spiro atoms. The van der Waals surface area contributed by atoms with E-state index in [1.54, 1.807) is 0 Å². The van der Waals surface area contributed by atoms with Crippen molar-refractivity contribution in [2.75, 3.05) is 0 Å². The zero-order valence-electron chi connectivity index (χ0n) is 11.1. The maximum Gasteiger partial charge on any atom is 0.138 e. The number of hydrogen-bond acceptors (Lipinski definition) is 2. The largest absolute Gasteiger partial charge is 0.389 e. The first-order valence-corrected chi connectivity index (χ1v) is 6.59. The summed E-state index contributed by atoms with van der Waals surface area (Å²) in [5, 5.41) is 10.4. The lowest BCUT2D eigenvalue weighted by molar-refractivity contribution is -0.128. The first kappa shape index (κ1) is 13.7. The van der Waals surface area contributed by atoms with Crippen molar-refractivity contribution in [2.24, 2.45) is 17.8 Å². The fraction of sp³-hybridized carbons (Fsp3) is 0.929. The molecule has 1 rings (SSSR count). The SMILES string of the molecule is CC(C)C(=O)CC1(O)CCC(C(C)C)CC1. The Kier molecular flexibility index (Phi) is 4.54. The Morgan fingerprint density at radius 1 is 1.25 bits per heavy atom. The third kappa shape index (κ3) is 3.58. The predicted molar refractivity (Wildman–Crippen MR) is 66.2 cm³/mol. The smallest absolute Gasteiger partial charge is 0.138 e. The van der Waals surface area contributed by atoms with Gasteiger partial charge in [0.15, 0.2) is 0 Å². The molecule has 0 atom stereocenters. The molecule has 2 heteroatoms. The monoisotopic (exact) mass is 226 g/mol. The zero-order chi connectivity index (χ0) is 12.3. The molecule has 0 aromatic heterocycles. The van der Waals surface area contributed by atoms with Gasteiger partial charge in [0.05, 0.1) is 5.60 Å². The molecule has 1 N–H and O–H groups in total. The molecule has 0 aromatic carbocycles. The lowest BCUT2D eigenvalue weighted by Gasteiger charge is -2.37. The summed E-state index contributed by atoms with van der Waals surface area (Å²) < 4.78 is 0. The van der Waals surface area contributed by atoms with Gasteiger partial charge in [0, 0.05) is 12.3 Å². The van der Waals surface area contributed by atoms with Crippen LogP contribution in [-0.2, 0) is 4.79 Å². The predicted octanol–water partition coefficient (Wildman–Crippen LogP) is 3.18. The first-order valence-electron chi connectivity index (χ1n) is 6.59. The average molecular weight is 226 g/mol. The van der Waals surface area contributed by atoms with Gasteiger partial charge >= 0.3 is 0 Å². The molecule has 0 aliphatic heterocycles. The quantitative estimate of drug-likeness (QED) is 0.799. The number of carbonyl (C=O) groups excluding carboxylic acids is 1. The molecule has 0 amide bonds. The van der Waals surface area contributed by atoms with Crippen LogP contribution >= 0.6 is 0 Å². The van der Waals surface area contributed by atoms with Gasteiger partial charge in [-0.3, -0.25) is 4.79 Å². The van der Waals surface area contributed by atoms with Gasteiger partial charge in [-0.2, -0.15) is 0 Å². The summed E-state index contributed by atoms with van der Waals surface area (Å²) in [7, 11) is 0. The molecule has 0 saturated heterocycles. The van der Waals surface area contributed by atoms with Crippen LogP contribution in [-0.4, -0.2) is 16.5 Å². The zero-order valence-corrected chi connectivity index (χ0v) is 11.1. The Balaban J connectivity index is 2.47. The normalized spacial score (nSPS) is 31.1. The second-order valence-electron chi connectivity index (χ2n) is 6.10. The van der Waals surface area contributed by atoms with Crippen molar-refractivity contribution in [1.82, 2.24) is 0 Å². The van der Waals surface area contributed by atoms with E-state index in [1.165, 1.54) is 0 Å². The van der Waals surface area contributed by atoms with E-state index in [0.717, 1.165) is 31.6 Å². The van der Waals surface area contributed by atoms with Crippen LogP contribution in [0.1, 0.15) is 59.8 Å². The molecule has 0 radical (unpaired) electrons. The Labute approximate surface area is 99.4 Å². The summed E-state index contributed by atoms with van der Waals surface area (Å²) in [5.41, 5.74) is -0.702. The van der Waals surface area contributed by atoms with E-state index < -0.39 is 5.60 Å². The van der Waals surface area contributed by atoms with Gasteiger partial charge in [0.2, 0.25) is 0 Å². The maximum atomic E-state index is 11.7. The third-order valence-corrected chi connectivity index (χ3v) is 4.05. The molecular formula is C14H26O2. The molecule has 0 unspecified atom stereocenters. The Morgan fingerprint density at radius 2 is 1.75 bits per heavy atom. The van der Waals surface area contributed by atoms with Crippen molar-refractivity contribution in [3.8, 4) is 0 Å². The second kappa shape index (κ2) is 5.31. The Bertz CT molecular complexity index is 235. The van der Waals surface area contributed by atoms with E-state index >= 15 is 0 Å². The van der Waals surface area contributed by atoms with Gasteiger partial charge < -0.3 is 5.11 Å². The van der Waals surface area contributed by atoms with Crippen molar-refractivity contribution < 1.29 is 9.90 Å². The standard InChI is InChI=1S/C14H26O2/c1-10(2)12-5-7-14(16,8-6-12)9-13(15)11(3)4/h10-12,16H,5-9H2,1-4H3. The highest BCUT2D eigenvalue weighted by Gasteiger charge is 2.36. The van der Waals surface area contributed by atoms with E-state index in [4.69, 9.17) is 0 Å². The van der Waals surface area contributed by atoms with Crippen molar-refractivity contribution in [2.45, 2.75) is 65.4 Å². The van der Waals surface area contributed by atoms with Gasteiger partial charge in [0.1, 0.15) is 5.78 Å². The molecule has 1 aliphatic rings. The number of ketones is 1. The van der Waals surface area contributed by atoms with Gasteiger partial charge in [0.25, 0.3) is 0 Å². The Hall–Kier alpha value is -0.370. The van der Waals surface area contributed by atoms with Crippen LogP contribution in [0.2, 0.25) is 0 Å². The van der Waals surface area contributed by atoms with E-state index in [9.17, 15) is 9.90 Å². The van der Waals surface area contributed by atoms with Crippen LogP contribution in [0.25, 0.3) is 0 Å². The highest BCUT2D eigenvalue weighted by atomic mass is 16.3. The molecule has 0 bridgehead atoms. The van der Waals surface area contributed by atoms with Crippen LogP contribution in [0.15, 0.2) is 0 Å². The van der Waals surface area contributed by atoms with E-state index in [1.807, 2.05) is 13.8 Å². The second-order valence-corrected chi connectivity index (χ2v) is 6.10. The number of rotatable bonds is 4. The lowest BCUT2D eigenvalue weighted by Crippen LogP contribution is -2.38. The number of hydrogen-bond donors (Lipinski definition) is 1.